The highest BCUT2D eigenvalue weighted by Crippen LogP contribution is 2.16. The van der Waals surface area contributed by atoms with Gasteiger partial charge in [0.05, 0.1) is 6.04 Å². The second-order valence-corrected chi connectivity index (χ2v) is 4.33. The smallest absolute Gasteiger partial charge is 0.264 e. The second-order valence-electron chi connectivity index (χ2n) is 4.33. The lowest BCUT2D eigenvalue weighted by molar-refractivity contribution is -0.117. The summed E-state index contributed by atoms with van der Waals surface area (Å²) in [4.78, 5) is 15.4. The Morgan fingerprint density at radius 2 is 2.15 bits per heavy atom. The van der Waals surface area contributed by atoms with Crippen LogP contribution in [0.2, 0.25) is 0 Å². The Morgan fingerprint density at radius 1 is 1.45 bits per heavy atom. The van der Waals surface area contributed by atoms with Crippen LogP contribution in [0.1, 0.15) is 18.6 Å². The summed E-state index contributed by atoms with van der Waals surface area (Å²) in [6.45, 7) is 3.56. The lowest BCUT2D eigenvalue weighted by Crippen LogP contribution is -2.32. The molecular weight excluding hydrogens is 260 g/mol. The molecule has 0 aliphatic heterocycles. The molecule has 1 heterocycles. The summed E-state index contributed by atoms with van der Waals surface area (Å²) >= 11 is 0. The highest BCUT2D eigenvalue weighted by atomic mass is 16.5. The van der Waals surface area contributed by atoms with Gasteiger partial charge in [0.1, 0.15) is 5.75 Å². The van der Waals surface area contributed by atoms with Gasteiger partial charge in [0.15, 0.2) is 12.4 Å². The Hall–Kier alpha value is -2.41. The van der Waals surface area contributed by atoms with Gasteiger partial charge in [-0.3, -0.25) is 4.79 Å². The minimum absolute atomic E-state index is 0.201. The molecule has 0 spiro atoms. The molecule has 2 aromatic rings. The first-order valence-corrected chi connectivity index (χ1v) is 6.13. The average Bonchev–Trinajstić information content (AvgIpc) is 2.83. The molecule has 1 amide bonds. The first-order valence-electron chi connectivity index (χ1n) is 6.13. The topological polar surface area (TPSA) is 103 Å². The van der Waals surface area contributed by atoms with E-state index >= 15 is 0 Å². The Bertz CT molecular complexity index is 578. The summed E-state index contributed by atoms with van der Waals surface area (Å²) in [5, 5.41) is 6.35. The van der Waals surface area contributed by atoms with E-state index in [1.807, 2.05) is 0 Å². The summed E-state index contributed by atoms with van der Waals surface area (Å²) in [6, 6.07) is 6.38. The van der Waals surface area contributed by atoms with Crippen LogP contribution in [0.5, 0.6) is 5.75 Å². The molecule has 0 saturated carbocycles. The van der Waals surface area contributed by atoms with Crippen LogP contribution in [-0.2, 0) is 11.4 Å². The number of anilines is 1. The first kappa shape index (κ1) is 14.0. The number of carbonyl (C=O) groups is 1. The van der Waals surface area contributed by atoms with Gasteiger partial charge in [-0.1, -0.05) is 5.16 Å². The van der Waals surface area contributed by atoms with Crippen LogP contribution in [-0.4, -0.2) is 22.1 Å². The van der Waals surface area contributed by atoms with Gasteiger partial charge in [0.25, 0.3) is 5.89 Å². The molecule has 106 valence electrons. The molecule has 0 aliphatic carbocycles. The monoisotopic (exact) mass is 276 g/mol. The number of aryl methyl sites for hydroxylation is 1. The fraction of sp³-hybridized carbons (Fsp3) is 0.308. The van der Waals surface area contributed by atoms with Crippen LogP contribution in [0.3, 0.4) is 0 Å². The molecule has 0 unspecified atom stereocenters. The van der Waals surface area contributed by atoms with E-state index in [1.165, 1.54) is 0 Å². The molecule has 1 aromatic carbocycles. The van der Waals surface area contributed by atoms with Crippen molar-refractivity contribution in [2.75, 3.05) is 5.32 Å². The van der Waals surface area contributed by atoms with Gasteiger partial charge in [-0.05, 0) is 38.1 Å². The molecule has 2 rings (SSSR count). The van der Waals surface area contributed by atoms with Crippen molar-refractivity contribution < 1.29 is 14.1 Å². The number of nitrogens with zero attached hydrogens (tertiary/aromatic N) is 2. The van der Waals surface area contributed by atoms with Gasteiger partial charge in [-0.15, -0.1) is 0 Å². The molecule has 1 aromatic heterocycles. The van der Waals surface area contributed by atoms with Gasteiger partial charge in [-0.25, -0.2) is 0 Å². The molecule has 1 atom stereocenters. The largest absolute Gasteiger partial charge is 0.484 e. The first-order chi connectivity index (χ1) is 9.54. The second kappa shape index (κ2) is 6.16. The summed E-state index contributed by atoms with van der Waals surface area (Å²) in [7, 11) is 0. The van der Waals surface area contributed by atoms with E-state index in [0.717, 1.165) is 0 Å². The molecule has 7 nitrogen and oxygen atoms in total. The zero-order chi connectivity index (χ0) is 14.5. The standard InChI is InChI=1S/C13H16N4O3/c1-8(14)13(18)16-10-3-5-11(6-4-10)19-7-12-15-9(2)17-20-12/h3-6,8H,7,14H2,1-2H3,(H,16,18)/t8-/m0/s1. The fourth-order valence-corrected chi connectivity index (χ4v) is 1.43. The maximum Gasteiger partial charge on any atom is 0.264 e. The van der Waals surface area contributed by atoms with Gasteiger partial charge in [0, 0.05) is 5.69 Å². The number of amides is 1. The van der Waals surface area contributed by atoms with E-state index < -0.39 is 6.04 Å². The van der Waals surface area contributed by atoms with Crippen LogP contribution >= 0.6 is 0 Å². The summed E-state index contributed by atoms with van der Waals surface area (Å²) in [5.74, 6) is 1.38. The third kappa shape index (κ3) is 3.79. The molecule has 20 heavy (non-hydrogen) atoms. The number of nitrogens with one attached hydrogen (secondary N) is 1. The highest BCUT2D eigenvalue weighted by Gasteiger charge is 2.07. The number of hydrogen-bond acceptors (Lipinski definition) is 6. The molecule has 0 aliphatic rings. The Morgan fingerprint density at radius 3 is 2.70 bits per heavy atom. The van der Waals surface area contributed by atoms with Crippen LogP contribution in [0.4, 0.5) is 5.69 Å². The van der Waals surface area contributed by atoms with E-state index in [9.17, 15) is 4.79 Å². The Labute approximate surface area is 116 Å². The Kier molecular flexibility index (Phi) is 4.31. The zero-order valence-corrected chi connectivity index (χ0v) is 11.3. The molecule has 0 radical (unpaired) electrons. The number of hydrogen-bond donors (Lipinski definition) is 2. The van der Waals surface area contributed by atoms with Crippen LogP contribution in [0.25, 0.3) is 0 Å². The number of benzene rings is 1. The summed E-state index contributed by atoms with van der Waals surface area (Å²) < 4.78 is 10.4. The maximum absolute atomic E-state index is 11.4. The predicted molar refractivity (Wildman–Crippen MR) is 72.1 cm³/mol. The molecular formula is C13H16N4O3. The van der Waals surface area contributed by atoms with Crippen molar-refractivity contribution in [3.63, 3.8) is 0 Å². The number of ether oxygens (including phenoxy) is 1. The quantitative estimate of drug-likeness (QED) is 0.851. The van der Waals surface area contributed by atoms with E-state index in [2.05, 4.69) is 15.5 Å². The van der Waals surface area contributed by atoms with Crippen molar-refractivity contribution in [1.29, 1.82) is 0 Å². The van der Waals surface area contributed by atoms with Crippen molar-refractivity contribution in [1.82, 2.24) is 10.1 Å². The van der Waals surface area contributed by atoms with Crippen molar-refractivity contribution in [3.05, 3.63) is 36.0 Å². The maximum atomic E-state index is 11.4. The SMILES string of the molecule is Cc1noc(COc2ccc(NC(=O)[C@H](C)N)cc2)n1. The van der Waals surface area contributed by atoms with E-state index in [4.69, 9.17) is 15.0 Å². The highest BCUT2D eigenvalue weighted by molar-refractivity contribution is 5.94. The van der Waals surface area contributed by atoms with Crippen LogP contribution < -0.4 is 15.8 Å². The predicted octanol–water partition coefficient (Wildman–Crippen LogP) is 1.24. The molecule has 3 N–H and O–H groups in total. The van der Waals surface area contributed by atoms with Gasteiger partial charge in [-0.2, -0.15) is 4.98 Å². The van der Waals surface area contributed by atoms with Crippen molar-refractivity contribution in [2.45, 2.75) is 26.5 Å². The van der Waals surface area contributed by atoms with Gasteiger partial charge in [0.2, 0.25) is 5.91 Å². The number of carbonyl (C=O) groups excluding carboxylic acids is 1. The number of nitrogens with two attached hydrogens (primary N) is 1. The normalized spacial score (nSPS) is 11.9. The zero-order valence-electron chi connectivity index (χ0n) is 11.3. The molecule has 0 fully saturated rings. The van der Waals surface area contributed by atoms with Crippen molar-refractivity contribution in [2.24, 2.45) is 5.73 Å². The van der Waals surface area contributed by atoms with E-state index in [0.29, 0.717) is 23.2 Å². The van der Waals surface area contributed by atoms with Crippen LogP contribution in [0.15, 0.2) is 28.8 Å². The fourth-order valence-electron chi connectivity index (χ4n) is 1.43. The molecule has 7 heteroatoms. The molecule has 0 bridgehead atoms. The van der Waals surface area contributed by atoms with Crippen molar-refractivity contribution in [3.8, 4) is 5.75 Å². The summed E-state index contributed by atoms with van der Waals surface area (Å²) in [5.41, 5.74) is 6.13. The van der Waals surface area contributed by atoms with E-state index in [1.54, 1.807) is 38.1 Å². The third-order valence-electron chi connectivity index (χ3n) is 2.47. The minimum Gasteiger partial charge on any atom is -0.484 e. The average molecular weight is 276 g/mol. The third-order valence-corrected chi connectivity index (χ3v) is 2.47. The van der Waals surface area contributed by atoms with Crippen molar-refractivity contribution >= 4 is 11.6 Å². The van der Waals surface area contributed by atoms with Gasteiger partial charge < -0.3 is 20.3 Å². The van der Waals surface area contributed by atoms with E-state index in [-0.39, 0.29) is 12.5 Å². The number of aromatic nitrogens is 2. The molecule has 0 saturated heterocycles. The lowest BCUT2D eigenvalue weighted by atomic mass is 10.2. The summed E-state index contributed by atoms with van der Waals surface area (Å²) in [6.07, 6.45) is 0. The number of rotatable bonds is 5. The van der Waals surface area contributed by atoms with Crippen LogP contribution in [0, 0.1) is 6.92 Å². The lowest BCUT2D eigenvalue weighted by Gasteiger charge is -2.08. The Balaban J connectivity index is 1.89. The minimum atomic E-state index is -0.549. The van der Waals surface area contributed by atoms with Gasteiger partial charge >= 0.3 is 0 Å².